The molecule has 3 aliphatic heterocycles. The van der Waals surface area contributed by atoms with Crippen molar-refractivity contribution in [1.82, 2.24) is 14.8 Å². The number of β-amino-alcohol motifs (C(OH)–C–C–N with tert-alkyl or cyclic N) is 1. The van der Waals surface area contributed by atoms with E-state index in [1.54, 1.807) is 12.1 Å². The smallest absolute Gasteiger partial charge is 0.251 e. The normalized spacial score (nSPS) is 25.4. The number of hydrogen-bond donors (Lipinski definition) is 3. The highest BCUT2D eigenvalue weighted by Gasteiger charge is 2.42. The zero-order valence-electron chi connectivity index (χ0n) is 19.8. The molecule has 0 aliphatic carbocycles. The molecule has 9 heteroatoms. The Morgan fingerprint density at radius 1 is 1.34 bits per heavy atom. The van der Waals surface area contributed by atoms with Crippen LogP contribution in [0.5, 0.6) is 0 Å². The van der Waals surface area contributed by atoms with Crippen LogP contribution in [-0.4, -0.2) is 59.3 Å². The van der Waals surface area contributed by atoms with Crippen molar-refractivity contribution >= 4 is 16.8 Å². The largest absolute Gasteiger partial charge is 0.476 e. The van der Waals surface area contributed by atoms with E-state index in [1.807, 2.05) is 6.08 Å². The zero-order chi connectivity index (χ0) is 24.6. The Morgan fingerprint density at radius 2 is 2.11 bits per heavy atom. The maximum atomic E-state index is 14.8. The molecule has 35 heavy (non-hydrogen) atoms. The number of aromatic nitrogens is 1. The Balaban J connectivity index is 1.18. The first-order valence-corrected chi connectivity index (χ1v) is 12.2. The first-order valence-electron chi connectivity index (χ1n) is 12.2. The van der Waals surface area contributed by atoms with Gasteiger partial charge in [0.1, 0.15) is 11.4 Å². The average Bonchev–Trinajstić information content (AvgIpc) is 3.17. The predicted molar refractivity (Wildman–Crippen MR) is 134 cm³/mol. The number of piperidine rings is 1. The summed E-state index contributed by atoms with van der Waals surface area (Å²) in [5.41, 5.74) is 1.03. The first kappa shape index (κ1) is 23.7. The minimum absolute atomic E-state index is 0.0733. The summed E-state index contributed by atoms with van der Waals surface area (Å²) >= 11 is 0. The molecule has 8 nitrogen and oxygen atoms in total. The van der Waals surface area contributed by atoms with Crippen LogP contribution < -0.4 is 16.7 Å². The van der Waals surface area contributed by atoms with E-state index in [2.05, 4.69) is 21.9 Å². The number of benzene rings is 1. The second kappa shape index (κ2) is 9.56. The summed E-state index contributed by atoms with van der Waals surface area (Å²) in [6.07, 6.45) is 5.61. The van der Waals surface area contributed by atoms with Gasteiger partial charge in [-0.25, -0.2) is 4.39 Å². The van der Waals surface area contributed by atoms with Gasteiger partial charge in [-0.1, -0.05) is 6.58 Å². The molecule has 1 atom stereocenters. The lowest BCUT2D eigenvalue weighted by atomic mass is 9.92. The fourth-order valence-electron chi connectivity index (χ4n) is 5.56. The van der Waals surface area contributed by atoms with Gasteiger partial charge >= 0.3 is 0 Å². The monoisotopic (exact) mass is 481 g/mol. The number of nitrogens with zero attached hydrogens (tertiary/aromatic N) is 3. The lowest BCUT2D eigenvalue weighted by Gasteiger charge is -2.37. The SMILES string of the molecule is C=C(/C=C1/CCCO/C1=N/N)CNC1CCN(CC2(O)Cn3c(=O)ccc4ccc(F)c2c43)CC1. The fourth-order valence-corrected chi connectivity index (χ4v) is 5.56. The average molecular weight is 482 g/mol. The Morgan fingerprint density at radius 3 is 2.89 bits per heavy atom. The van der Waals surface area contributed by atoms with Crippen LogP contribution in [0, 0.1) is 5.82 Å². The molecule has 0 saturated carbocycles. The van der Waals surface area contributed by atoms with E-state index in [4.69, 9.17) is 10.6 Å². The lowest BCUT2D eigenvalue weighted by molar-refractivity contribution is -0.0158. The number of rotatable bonds is 6. The van der Waals surface area contributed by atoms with Crippen LogP contribution in [0.2, 0.25) is 0 Å². The summed E-state index contributed by atoms with van der Waals surface area (Å²) < 4.78 is 21.8. The van der Waals surface area contributed by atoms with Crippen molar-refractivity contribution in [3.05, 3.63) is 69.8 Å². The fraction of sp³-hybridized carbons (Fsp3) is 0.462. The van der Waals surface area contributed by atoms with Crippen molar-refractivity contribution in [2.75, 3.05) is 32.8 Å². The van der Waals surface area contributed by atoms with Gasteiger partial charge in [-0.3, -0.25) is 9.69 Å². The van der Waals surface area contributed by atoms with Crippen LogP contribution in [0.3, 0.4) is 0 Å². The number of aliphatic hydroxyl groups is 1. The number of hydrogen-bond acceptors (Lipinski definition) is 7. The van der Waals surface area contributed by atoms with Crippen LogP contribution >= 0.6 is 0 Å². The number of pyridine rings is 1. The standard InChI is InChI=1S/C26H32FN5O3/c1-17(13-19-3-2-12-35-25(19)30-28)14-29-20-8-10-31(11-9-20)15-26(34)16-32-22(33)7-5-18-4-6-21(27)23(26)24(18)32/h4-7,13,20,29,34H,1-3,8-12,14-16,28H2/b19-13-,30-25+. The summed E-state index contributed by atoms with van der Waals surface area (Å²) in [5.74, 6) is 5.45. The van der Waals surface area contributed by atoms with Gasteiger partial charge in [0.05, 0.1) is 18.7 Å². The van der Waals surface area contributed by atoms with Crippen LogP contribution in [0.4, 0.5) is 4.39 Å². The van der Waals surface area contributed by atoms with Gasteiger partial charge in [0.25, 0.3) is 5.56 Å². The Hall–Kier alpha value is -3.01. The molecule has 5 rings (SSSR count). The number of halogens is 1. The molecule has 1 aromatic carbocycles. The minimum atomic E-state index is -1.43. The number of likely N-dealkylation sites (tertiary alicyclic amines) is 1. The third-order valence-electron chi connectivity index (χ3n) is 7.27. The number of nitrogens with two attached hydrogens (primary N) is 1. The molecule has 3 aliphatic rings. The van der Waals surface area contributed by atoms with E-state index < -0.39 is 11.4 Å². The van der Waals surface area contributed by atoms with Crippen LogP contribution in [-0.2, 0) is 16.9 Å². The van der Waals surface area contributed by atoms with E-state index in [-0.39, 0.29) is 24.2 Å². The molecule has 0 amide bonds. The van der Waals surface area contributed by atoms with E-state index >= 15 is 0 Å². The molecule has 2 fully saturated rings. The van der Waals surface area contributed by atoms with E-state index in [0.717, 1.165) is 55.3 Å². The van der Waals surface area contributed by atoms with Crippen molar-refractivity contribution in [3.63, 3.8) is 0 Å². The summed E-state index contributed by atoms with van der Waals surface area (Å²) in [6, 6.07) is 6.52. The van der Waals surface area contributed by atoms with Crippen molar-refractivity contribution in [2.24, 2.45) is 10.9 Å². The van der Waals surface area contributed by atoms with Gasteiger partial charge in [-0.15, -0.1) is 5.10 Å². The molecule has 4 heterocycles. The lowest BCUT2D eigenvalue weighted by Crippen LogP contribution is -2.48. The predicted octanol–water partition coefficient (Wildman–Crippen LogP) is 1.96. The van der Waals surface area contributed by atoms with Crippen molar-refractivity contribution in [2.45, 2.75) is 43.9 Å². The molecule has 0 spiro atoms. The second-order valence-corrected chi connectivity index (χ2v) is 9.79. The Kier molecular flexibility index (Phi) is 6.48. The maximum Gasteiger partial charge on any atom is 0.251 e. The summed E-state index contributed by atoms with van der Waals surface area (Å²) in [6.45, 7) is 7.35. The molecule has 186 valence electrons. The van der Waals surface area contributed by atoms with Crippen LogP contribution in [0.1, 0.15) is 31.2 Å². The van der Waals surface area contributed by atoms with E-state index in [9.17, 15) is 14.3 Å². The molecule has 1 aromatic heterocycles. The highest BCUT2D eigenvalue weighted by Crippen LogP contribution is 2.38. The van der Waals surface area contributed by atoms with Gasteiger partial charge < -0.3 is 25.6 Å². The van der Waals surface area contributed by atoms with Crippen LogP contribution in [0.25, 0.3) is 10.9 Å². The molecule has 1 unspecified atom stereocenters. The number of hydrazone groups is 1. The topological polar surface area (TPSA) is 105 Å². The number of nitrogens with one attached hydrogen (secondary N) is 1. The first-order chi connectivity index (χ1) is 16.9. The Bertz CT molecular complexity index is 1260. The van der Waals surface area contributed by atoms with Gasteiger partial charge in [0, 0.05) is 36.3 Å². The maximum absolute atomic E-state index is 14.8. The quantitative estimate of drug-likeness (QED) is 0.430. The summed E-state index contributed by atoms with van der Waals surface area (Å²) in [7, 11) is 0. The van der Waals surface area contributed by atoms with Gasteiger partial charge in [0.2, 0.25) is 5.90 Å². The van der Waals surface area contributed by atoms with E-state index in [1.165, 1.54) is 16.7 Å². The molecule has 2 aromatic rings. The zero-order valence-corrected chi connectivity index (χ0v) is 19.8. The van der Waals surface area contributed by atoms with Crippen molar-refractivity contribution in [3.8, 4) is 0 Å². The second-order valence-electron chi connectivity index (χ2n) is 9.79. The van der Waals surface area contributed by atoms with Gasteiger partial charge in [0.15, 0.2) is 0 Å². The molecular formula is C26H32FN5O3. The van der Waals surface area contributed by atoms with Gasteiger partial charge in [-0.05, 0) is 74.0 Å². The summed E-state index contributed by atoms with van der Waals surface area (Å²) in [4.78, 5) is 14.6. The van der Waals surface area contributed by atoms with Gasteiger partial charge in [-0.2, -0.15) is 0 Å². The summed E-state index contributed by atoms with van der Waals surface area (Å²) in [5, 5.41) is 19.6. The van der Waals surface area contributed by atoms with Crippen LogP contribution in [0.15, 0.2) is 58.0 Å². The van der Waals surface area contributed by atoms with E-state index in [0.29, 0.717) is 30.6 Å². The number of ether oxygens (including phenoxy) is 1. The Labute approximate surface area is 203 Å². The highest BCUT2D eigenvalue weighted by atomic mass is 19.1. The van der Waals surface area contributed by atoms with Crippen molar-refractivity contribution in [1.29, 1.82) is 0 Å². The molecule has 4 N–H and O–H groups in total. The molecule has 2 saturated heterocycles. The highest BCUT2D eigenvalue weighted by molar-refractivity contribution is 5.94. The molecule has 0 bridgehead atoms. The minimum Gasteiger partial charge on any atom is -0.476 e. The third kappa shape index (κ3) is 4.63. The molecular weight excluding hydrogens is 449 g/mol. The molecule has 0 radical (unpaired) electrons. The third-order valence-corrected chi connectivity index (χ3v) is 7.27. The van der Waals surface area contributed by atoms with Crippen molar-refractivity contribution < 1.29 is 14.2 Å².